The Morgan fingerprint density at radius 3 is 2.36 bits per heavy atom. The molecule has 1 amide bonds. The maximum atomic E-state index is 12.4. The van der Waals surface area contributed by atoms with Crippen molar-refractivity contribution in [1.29, 1.82) is 0 Å². The standard InChI is InChI=1S/C18H15Cl2NO4/c19-15-11-7-8-21(9-12(11)16(20)18(25)17(15)24)14(23)6-5-10-3-1-2-4-13(10)22/h1-6,22,24-25H,7-9H2. The Hall–Kier alpha value is -2.37. The lowest BCUT2D eigenvalue weighted by Gasteiger charge is -2.30. The number of para-hydroxylation sites is 1. The minimum Gasteiger partial charge on any atom is -0.507 e. The molecular weight excluding hydrogens is 365 g/mol. The highest BCUT2D eigenvalue weighted by atomic mass is 35.5. The third kappa shape index (κ3) is 3.25. The Kier molecular flexibility index (Phi) is 4.79. The normalized spacial score (nSPS) is 13.9. The van der Waals surface area contributed by atoms with Crippen LogP contribution in [-0.4, -0.2) is 32.7 Å². The van der Waals surface area contributed by atoms with Gasteiger partial charge in [-0.15, -0.1) is 0 Å². The average molecular weight is 380 g/mol. The van der Waals surface area contributed by atoms with E-state index in [1.807, 2.05) is 0 Å². The first-order valence-corrected chi connectivity index (χ1v) is 8.31. The molecular formula is C18H15Cl2NO4. The summed E-state index contributed by atoms with van der Waals surface area (Å²) in [4.78, 5) is 14.0. The molecule has 0 unspecified atom stereocenters. The number of carbonyl (C=O) groups is 1. The van der Waals surface area contributed by atoms with E-state index in [4.69, 9.17) is 23.2 Å². The lowest BCUT2D eigenvalue weighted by Crippen LogP contribution is -2.35. The molecule has 25 heavy (non-hydrogen) atoms. The van der Waals surface area contributed by atoms with Crippen molar-refractivity contribution in [3.8, 4) is 17.2 Å². The summed E-state index contributed by atoms with van der Waals surface area (Å²) in [6.45, 7) is 0.572. The second-order valence-corrected chi connectivity index (χ2v) is 6.44. The molecule has 0 radical (unpaired) electrons. The summed E-state index contributed by atoms with van der Waals surface area (Å²) in [7, 11) is 0. The molecule has 3 rings (SSSR count). The highest BCUT2D eigenvalue weighted by molar-refractivity contribution is 6.36. The zero-order valence-electron chi connectivity index (χ0n) is 13.0. The van der Waals surface area contributed by atoms with Crippen LogP contribution in [0.25, 0.3) is 6.08 Å². The maximum Gasteiger partial charge on any atom is 0.246 e. The van der Waals surface area contributed by atoms with Crippen molar-refractivity contribution >= 4 is 35.2 Å². The maximum absolute atomic E-state index is 12.4. The van der Waals surface area contributed by atoms with Crippen LogP contribution in [0.3, 0.4) is 0 Å². The molecule has 0 saturated carbocycles. The van der Waals surface area contributed by atoms with Crippen LogP contribution in [0.4, 0.5) is 0 Å². The number of amides is 1. The topological polar surface area (TPSA) is 81.0 Å². The number of phenolic OH excluding ortho intramolecular Hbond substituents is 3. The van der Waals surface area contributed by atoms with Crippen molar-refractivity contribution in [2.75, 3.05) is 6.54 Å². The molecule has 7 heteroatoms. The van der Waals surface area contributed by atoms with E-state index in [9.17, 15) is 20.1 Å². The zero-order valence-corrected chi connectivity index (χ0v) is 14.6. The highest BCUT2D eigenvalue weighted by Gasteiger charge is 2.28. The molecule has 2 aromatic carbocycles. The van der Waals surface area contributed by atoms with E-state index >= 15 is 0 Å². The Bertz CT molecular complexity index is 880. The van der Waals surface area contributed by atoms with Crippen LogP contribution in [0.5, 0.6) is 17.2 Å². The van der Waals surface area contributed by atoms with Crippen molar-refractivity contribution < 1.29 is 20.1 Å². The quantitative estimate of drug-likeness (QED) is 0.548. The van der Waals surface area contributed by atoms with Gasteiger partial charge in [0.15, 0.2) is 11.5 Å². The number of benzene rings is 2. The molecule has 0 saturated heterocycles. The van der Waals surface area contributed by atoms with E-state index in [0.717, 1.165) is 0 Å². The second kappa shape index (κ2) is 6.86. The lowest BCUT2D eigenvalue weighted by atomic mass is 9.98. The molecule has 0 aliphatic carbocycles. The molecule has 1 aliphatic rings. The van der Waals surface area contributed by atoms with Gasteiger partial charge in [0.05, 0.1) is 10.0 Å². The monoisotopic (exact) mass is 379 g/mol. The zero-order chi connectivity index (χ0) is 18.1. The summed E-state index contributed by atoms with van der Waals surface area (Å²) in [5.74, 6) is -1.09. The van der Waals surface area contributed by atoms with E-state index in [1.165, 1.54) is 18.2 Å². The summed E-state index contributed by atoms with van der Waals surface area (Å²) < 4.78 is 0. The number of nitrogens with zero attached hydrogens (tertiary/aromatic N) is 1. The van der Waals surface area contributed by atoms with Gasteiger partial charge in [0, 0.05) is 24.7 Å². The molecule has 0 atom stereocenters. The Labute approximate surface area is 154 Å². The minimum atomic E-state index is -0.482. The van der Waals surface area contributed by atoms with E-state index in [2.05, 4.69) is 0 Å². The number of carbonyl (C=O) groups excluding carboxylic acids is 1. The summed E-state index contributed by atoms with van der Waals surface area (Å²) in [5, 5.41) is 29.4. The van der Waals surface area contributed by atoms with Gasteiger partial charge >= 0.3 is 0 Å². The van der Waals surface area contributed by atoms with Crippen LogP contribution in [0, 0.1) is 0 Å². The number of hydrogen-bond donors (Lipinski definition) is 3. The van der Waals surface area contributed by atoms with Crippen molar-refractivity contribution in [2.45, 2.75) is 13.0 Å². The summed E-state index contributed by atoms with van der Waals surface area (Å²) in [6, 6.07) is 6.70. The first kappa shape index (κ1) is 17.5. The van der Waals surface area contributed by atoms with Gasteiger partial charge in [-0.25, -0.2) is 0 Å². The summed E-state index contributed by atoms with van der Waals surface area (Å²) in [5.41, 5.74) is 1.70. The number of rotatable bonds is 2. The van der Waals surface area contributed by atoms with Gasteiger partial charge in [-0.1, -0.05) is 41.4 Å². The predicted molar refractivity (Wildman–Crippen MR) is 96.1 cm³/mol. The number of hydrogen-bond acceptors (Lipinski definition) is 4. The van der Waals surface area contributed by atoms with E-state index < -0.39 is 11.5 Å². The van der Waals surface area contributed by atoms with Crippen LogP contribution >= 0.6 is 23.2 Å². The highest BCUT2D eigenvalue weighted by Crippen LogP contribution is 2.46. The van der Waals surface area contributed by atoms with Crippen LogP contribution in [-0.2, 0) is 17.8 Å². The molecule has 3 N–H and O–H groups in total. The fourth-order valence-electron chi connectivity index (χ4n) is 2.78. The molecule has 2 aromatic rings. The first-order valence-electron chi connectivity index (χ1n) is 7.55. The minimum absolute atomic E-state index is 0.000849. The second-order valence-electron chi connectivity index (χ2n) is 5.68. The molecule has 0 fully saturated rings. The van der Waals surface area contributed by atoms with Gasteiger partial charge in [-0.3, -0.25) is 4.79 Å². The van der Waals surface area contributed by atoms with Gasteiger partial charge in [-0.2, -0.15) is 0 Å². The number of halogens is 2. The van der Waals surface area contributed by atoms with Crippen LogP contribution in [0.1, 0.15) is 16.7 Å². The molecule has 0 bridgehead atoms. The number of phenols is 3. The largest absolute Gasteiger partial charge is 0.507 e. The van der Waals surface area contributed by atoms with Gasteiger partial charge in [-0.05, 0) is 29.7 Å². The Balaban J connectivity index is 1.83. The van der Waals surface area contributed by atoms with E-state index in [1.54, 1.807) is 23.1 Å². The molecule has 1 aliphatic heterocycles. The first-order chi connectivity index (χ1) is 11.9. The van der Waals surface area contributed by atoms with Gasteiger partial charge in [0.1, 0.15) is 5.75 Å². The molecule has 130 valence electrons. The van der Waals surface area contributed by atoms with Crippen molar-refractivity contribution in [1.82, 2.24) is 4.90 Å². The SMILES string of the molecule is O=C(C=Cc1ccccc1O)N1CCc2c(Cl)c(O)c(O)c(Cl)c2C1. The van der Waals surface area contributed by atoms with Crippen LogP contribution in [0.2, 0.25) is 10.0 Å². The van der Waals surface area contributed by atoms with Crippen LogP contribution < -0.4 is 0 Å². The Morgan fingerprint density at radius 1 is 1.04 bits per heavy atom. The number of aromatic hydroxyl groups is 3. The third-order valence-corrected chi connectivity index (χ3v) is 4.98. The van der Waals surface area contributed by atoms with Crippen molar-refractivity contribution in [3.05, 3.63) is 57.1 Å². The van der Waals surface area contributed by atoms with Crippen molar-refractivity contribution in [2.24, 2.45) is 0 Å². The molecule has 0 aromatic heterocycles. The van der Waals surface area contributed by atoms with Crippen LogP contribution in [0.15, 0.2) is 30.3 Å². The third-order valence-electron chi connectivity index (χ3n) is 4.17. The van der Waals surface area contributed by atoms with Crippen molar-refractivity contribution in [3.63, 3.8) is 0 Å². The Morgan fingerprint density at radius 2 is 1.68 bits per heavy atom. The fourth-order valence-corrected chi connectivity index (χ4v) is 3.35. The van der Waals surface area contributed by atoms with E-state index in [-0.39, 0.29) is 28.2 Å². The molecule has 0 spiro atoms. The molecule has 5 nitrogen and oxygen atoms in total. The van der Waals surface area contributed by atoms with Gasteiger partial charge in [0.25, 0.3) is 0 Å². The summed E-state index contributed by atoms with van der Waals surface area (Å²) in [6.07, 6.45) is 3.32. The van der Waals surface area contributed by atoms with E-state index in [0.29, 0.717) is 29.7 Å². The molecule has 1 heterocycles. The van der Waals surface area contributed by atoms with Gasteiger partial charge < -0.3 is 20.2 Å². The predicted octanol–water partition coefficient (Wildman–Crippen LogP) is 3.71. The summed E-state index contributed by atoms with van der Waals surface area (Å²) >= 11 is 12.2. The fraction of sp³-hybridized carbons (Fsp3) is 0.167. The smallest absolute Gasteiger partial charge is 0.246 e. The lowest BCUT2D eigenvalue weighted by molar-refractivity contribution is -0.126. The average Bonchev–Trinajstić information content (AvgIpc) is 2.63. The number of fused-ring (bicyclic) bond motifs is 1. The van der Waals surface area contributed by atoms with Gasteiger partial charge in [0.2, 0.25) is 5.91 Å².